The predicted molar refractivity (Wildman–Crippen MR) is 157 cm³/mol. The lowest BCUT2D eigenvalue weighted by Crippen LogP contribution is -2.38. The van der Waals surface area contributed by atoms with Crippen LogP contribution in [-0.2, 0) is 15.8 Å². The zero-order chi connectivity index (χ0) is 37.3. The summed E-state index contributed by atoms with van der Waals surface area (Å²) in [5, 5.41) is 21.1. The fraction of sp³-hybridized carbons (Fsp3) is 0.357. The zero-order valence-corrected chi connectivity index (χ0v) is 25.0. The minimum absolute atomic E-state index is 0.0246. The second-order valence-corrected chi connectivity index (χ2v) is 10.2. The van der Waals surface area contributed by atoms with E-state index in [4.69, 9.17) is 31.3 Å². The van der Waals surface area contributed by atoms with E-state index in [1.807, 2.05) is 25.1 Å². The number of aromatic nitrogens is 2. The molecule has 2 aromatic carbocycles. The topological polar surface area (TPSA) is 206 Å². The van der Waals surface area contributed by atoms with Crippen molar-refractivity contribution in [2.45, 2.75) is 63.2 Å². The molecular formula is C28H28F9N7O5. The Morgan fingerprint density at radius 3 is 1.86 bits per heavy atom. The van der Waals surface area contributed by atoms with Crippen molar-refractivity contribution < 1.29 is 64.1 Å². The molecule has 1 amide bonds. The van der Waals surface area contributed by atoms with Crippen molar-refractivity contribution in [2.75, 3.05) is 10.6 Å². The number of carboxylic acids is 2. The largest absolute Gasteiger partial charge is 0.490 e. The number of aryl methyl sites for hydroxylation is 1. The van der Waals surface area contributed by atoms with Gasteiger partial charge in [0, 0.05) is 10.9 Å². The molecule has 2 unspecified atom stereocenters. The van der Waals surface area contributed by atoms with Gasteiger partial charge in [-0.1, -0.05) is 24.5 Å². The summed E-state index contributed by atoms with van der Waals surface area (Å²) in [6.07, 6.45) is -11.0. The van der Waals surface area contributed by atoms with Gasteiger partial charge in [0.1, 0.15) is 5.82 Å². The minimum Gasteiger partial charge on any atom is -0.475 e. The fourth-order valence-electron chi connectivity index (χ4n) is 4.19. The van der Waals surface area contributed by atoms with Crippen molar-refractivity contribution in [1.29, 1.82) is 0 Å². The number of aliphatic carboxylic acids is 2. The number of halogens is 9. The van der Waals surface area contributed by atoms with E-state index < -0.39 is 41.9 Å². The number of aliphatic imine (C=N–C) groups is 1. The highest BCUT2D eigenvalue weighted by Crippen LogP contribution is 2.30. The highest BCUT2D eigenvalue weighted by Gasteiger charge is 2.39. The number of amides is 1. The molecular weight excluding hydrogens is 685 g/mol. The number of guanidine groups is 1. The van der Waals surface area contributed by atoms with Crippen LogP contribution in [0.1, 0.15) is 47.2 Å². The Bertz CT molecular complexity index is 1630. The molecule has 21 heteroatoms. The summed E-state index contributed by atoms with van der Waals surface area (Å²) in [7, 11) is 0. The molecule has 0 aliphatic heterocycles. The van der Waals surface area contributed by atoms with Gasteiger partial charge < -0.3 is 27.0 Å². The summed E-state index contributed by atoms with van der Waals surface area (Å²) in [5.74, 6) is -5.56. The van der Waals surface area contributed by atoms with Crippen molar-refractivity contribution in [3.63, 3.8) is 0 Å². The SMILES string of the molecule is Cc1ccc2nc(NC(=O)c3ccc(C(F)(F)F)cc3)nc(NC3CCCCC3N=C(N)N)c2c1.O=C(O)C(F)(F)F.O=C(O)C(F)(F)F. The average Bonchev–Trinajstić information content (AvgIpc) is 2.97. The number of benzene rings is 2. The summed E-state index contributed by atoms with van der Waals surface area (Å²) in [4.78, 5) is 43.8. The Morgan fingerprint density at radius 1 is 0.837 bits per heavy atom. The molecule has 1 saturated carbocycles. The van der Waals surface area contributed by atoms with Gasteiger partial charge in [0.15, 0.2) is 5.96 Å². The molecule has 12 nitrogen and oxygen atoms in total. The smallest absolute Gasteiger partial charge is 0.475 e. The molecule has 1 aromatic heterocycles. The molecule has 0 saturated heterocycles. The van der Waals surface area contributed by atoms with Crippen LogP contribution in [0.4, 0.5) is 51.3 Å². The summed E-state index contributed by atoms with van der Waals surface area (Å²) in [6.45, 7) is 1.95. The number of nitrogens with zero attached hydrogens (tertiary/aromatic N) is 3. The van der Waals surface area contributed by atoms with Crippen LogP contribution in [0.5, 0.6) is 0 Å². The first kappa shape index (κ1) is 39.8. The Kier molecular flexibility index (Phi) is 13.1. The van der Waals surface area contributed by atoms with Crippen molar-refractivity contribution in [3.05, 3.63) is 59.2 Å². The van der Waals surface area contributed by atoms with Gasteiger partial charge in [0.2, 0.25) is 5.95 Å². The van der Waals surface area contributed by atoms with Crippen LogP contribution < -0.4 is 22.1 Å². The zero-order valence-electron chi connectivity index (χ0n) is 25.0. The van der Waals surface area contributed by atoms with Gasteiger partial charge in [0.25, 0.3) is 5.91 Å². The number of hydrogen-bond acceptors (Lipinski definition) is 7. The van der Waals surface area contributed by atoms with Crippen LogP contribution >= 0.6 is 0 Å². The highest BCUT2D eigenvalue weighted by atomic mass is 19.4. The van der Waals surface area contributed by atoms with Crippen LogP contribution in [-0.4, -0.2) is 68.4 Å². The highest BCUT2D eigenvalue weighted by molar-refractivity contribution is 6.04. The van der Waals surface area contributed by atoms with Crippen molar-refractivity contribution in [3.8, 4) is 0 Å². The number of carbonyl (C=O) groups is 3. The number of carbonyl (C=O) groups excluding carboxylic acids is 1. The first-order valence-corrected chi connectivity index (χ1v) is 13.7. The number of alkyl halides is 9. The normalized spacial score (nSPS) is 16.2. The molecule has 1 aliphatic rings. The van der Waals surface area contributed by atoms with Gasteiger partial charge in [-0.25, -0.2) is 19.6 Å². The van der Waals surface area contributed by atoms with Crippen LogP contribution in [0.2, 0.25) is 0 Å². The second kappa shape index (κ2) is 16.2. The molecule has 0 spiro atoms. The first-order valence-electron chi connectivity index (χ1n) is 13.7. The van der Waals surface area contributed by atoms with E-state index in [-0.39, 0.29) is 29.6 Å². The Balaban J connectivity index is 0.000000500. The molecule has 268 valence electrons. The third-order valence-electron chi connectivity index (χ3n) is 6.40. The molecule has 4 rings (SSSR count). The maximum Gasteiger partial charge on any atom is 0.490 e. The lowest BCUT2D eigenvalue weighted by molar-refractivity contribution is -0.193. The van der Waals surface area contributed by atoms with E-state index in [1.54, 1.807) is 0 Å². The third kappa shape index (κ3) is 12.6. The lowest BCUT2D eigenvalue weighted by Gasteiger charge is -2.30. The molecule has 1 fully saturated rings. The van der Waals surface area contributed by atoms with Crippen LogP contribution in [0, 0.1) is 6.92 Å². The van der Waals surface area contributed by atoms with Gasteiger partial charge in [-0.3, -0.25) is 10.1 Å². The van der Waals surface area contributed by atoms with E-state index in [9.17, 15) is 44.3 Å². The second-order valence-electron chi connectivity index (χ2n) is 10.2. The number of carboxylic acid groups (broad SMARTS) is 2. The monoisotopic (exact) mass is 713 g/mol. The molecule has 1 heterocycles. The van der Waals surface area contributed by atoms with Gasteiger partial charge in [-0.15, -0.1) is 0 Å². The molecule has 8 N–H and O–H groups in total. The number of anilines is 2. The van der Waals surface area contributed by atoms with Crippen LogP contribution in [0.15, 0.2) is 47.5 Å². The lowest BCUT2D eigenvalue weighted by atomic mass is 9.90. The van der Waals surface area contributed by atoms with E-state index in [1.165, 1.54) is 0 Å². The number of rotatable bonds is 5. The quantitative estimate of drug-likeness (QED) is 0.112. The van der Waals surface area contributed by atoms with Crippen LogP contribution in [0.25, 0.3) is 10.9 Å². The van der Waals surface area contributed by atoms with E-state index >= 15 is 0 Å². The van der Waals surface area contributed by atoms with Crippen molar-refractivity contribution in [1.82, 2.24) is 9.97 Å². The summed E-state index contributed by atoms with van der Waals surface area (Å²) in [6, 6.07) is 9.42. The van der Waals surface area contributed by atoms with Gasteiger partial charge in [-0.2, -0.15) is 44.5 Å². The Labute approximate surface area is 270 Å². The van der Waals surface area contributed by atoms with Gasteiger partial charge in [-0.05, 0) is 56.2 Å². The average molecular weight is 714 g/mol. The summed E-state index contributed by atoms with van der Waals surface area (Å²) in [5.41, 5.74) is 12.1. The molecule has 0 bridgehead atoms. The van der Waals surface area contributed by atoms with E-state index in [0.29, 0.717) is 11.3 Å². The molecule has 49 heavy (non-hydrogen) atoms. The minimum atomic E-state index is -5.08. The standard InChI is InChI=1S/C24H26F3N7O.2C2HF3O2/c1-13-6-11-17-16(12-13)20(30-18-4-2-3-5-19(18)31-22(28)29)33-23(32-17)34-21(35)14-7-9-15(10-8-14)24(25,26)27;2*3-2(4,5)1(6)7/h6-12,18-19H,2-5H2,1H3,(H4,28,29,31)(H2,30,32,33,34,35);2*(H,6,7). The van der Waals surface area contributed by atoms with E-state index in [0.717, 1.165) is 60.9 Å². The van der Waals surface area contributed by atoms with E-state index in [2.05, 4.69) is 25.6 Å². The predicted octanol–water partition coefficient (Wildman–Crippen LogP) is 5.47. The summed E-state index contributed by atoms with van der Waals surface area (Å²) < 4.78 is 102. The van der Waals surface area contributed by atoms with Crippen LogP contribution in [0.3, 0.4) is 0 Å². The molecule has 1 aliphatic carbocycles. The third-order valence-corrected chi connectivity index (χ3v) is 6.40. The molecule has 2 atom stereocenters. The fourth-order valence-corrected chi connectivity index (χ4v) is 4.19. The molecule has 0 radical (unpaired) electrons. The Hall–Kier alpha value is -5.37. The number of nitrogens with two attached hydrogens (primary N) is 2. The van der Waals surface area contributed by atoms with Gasteiger partial charge >= 0.3 is 30.5 Å². The first-order chi connectivity index (χ1) is 22.5. The number of nitrogens with one attached hydrogen (secondary N) is 2. The Morgan fingerprint density at radius 2 is 1.37 bits per heavy atom. The van der Waals surface area contributed by atoms with Crippen molar-refractivity contribution in [2.24, 2.45) is 16.5 Å². The molecule has 3 aromatic rings. The number of fused-ring (bicyclic) bond motifs is 1. The number of hydrogen-bond donors (Lipinski definition) is 6. The maximum atomic E-state index is 12.8. The maximum absolute atomic E-state index is 12.8. The summed E-state index contributed by atoms with van der Waals surface area (Å²) >= 11 is 0. The van der Waals surface area contributed by atoms with Gasteiger partial charge in [0.05, 0.1) is 23.2 Å². The van der Waals surface area contributed by atoms with Crippen molar-refractivity contribution >= 4 is 46.5 Å².